The van der Waals surface area contributed by atoms with Crippen LogP contribution in [-0.4, -0.2) is 7.69 Å². The van der Waals surface area contributed by atoms with Crippen LogP contribution in [0.25, 0.3) is 0 Å². The zero-order chi connectivity index (χ0) is 13.8. The van der Waals surface area contributed by atoms with Gasteiger partial charge in [-0.3, -0.25) is 0 Å². The van der Waals surface area contributed by atoms with Gasteiger partial charge in [-0.05, 0) is 24.3 Å². The van der Waals surface area contributed by atoms with Gasteiger partial charge >= 0.3 is 7.69 Å². The number of halogens is 2. The molecule has 2 rings (SSSR count). The summed E-state index contributed by atoms with van der Waals surface area (Å²) >= 11 is 0. The molecule has 4 nitrogen and oxygen atoms in total. The highest BCUT2D eigenvalue weighted by Gasteiger charge is 2.10. The van der Waals surface area contributed by atoms with E-state index in [0.717, 1.165) is 19.8 Å². The number of rotatable bonds is 4. The lowest BCUT2D eigenvalue weighted by atomic mass is 10.2. The maximum Gasteiger partial charge on any atom is 0.658 e. The van der Waals surface area contributed by atoms with Gasteiger partial charge in [0.15, 0.2) is 11.6 Å². The molecular formula is C12H10BF2N2O2. The molecule has 0 aliphatic heterocycles. The Labute approximate surface area is 109 Å². The Morgan fingerprint density at radius 2 is 1.21 bits per heavy atom. The fourth-order valence-corrected chi connectivity index (χ4v) is 1.35. The van der Waals surface area contributed by atoms with Gasteiger partial charge < -0.3 is 20.8 Å². The van der Waals surface area contributed by atoms with Crippen LogP contribution in [0.2, 0.25) is 0 Å². The second-order valence-electron chi connectivity index (χ2n) is 3.71. The Hall–Kier alpha value is -2.44. The number of nitrogen functional groups attached to an aromatic ring is 2. The zero-order valence-electron chi connectivity index (χ0n) is 9.77. The van der Waals surface area contributed by atoms with Crippen LogP contribution in [0.15, 0.2) is 36.4 Å². The summed E-state index contributed by atoms with van der Waals surface area (Å²) < 4.78 is 36.4. The fourth-order valence-electron chi connectivity index (χ4n) is 1.35. The number of hydrogen-bond acceptors (Lipinski definition) is 4. The van der Waals surface area contributed by atoms with Crippen molar-refractivity contribution < 1.29 is 18.1 Å². The van der Waals surface area contributed by atoms with Crippen LogP contribution in [-0.2, 0) is 0 Å². The number of nitrogens with two attached hydrogens (primary N) is 2. The van der Waals surface area contributed by atoms with Crippen LogP contribution in [0.1, 0.15) is 0 Å². The minimum absolute atomic E-state index is 0.121. The lowest BCUT2D eigenvalue weighted by Gasteiger charge is -2.09. The van der Waals surface area contributed by atoms with Gasteiger partial charge in [-0.2, -0.15) is 0 Å². The third kappa shape index (κ3) is 3.28. The summed E-state index contributed by atoms with van der Waals surface area (Å²) in [5, 5.41) is 0. The molecule has 0 saturated heterocycles. The van der Waals surface area contributed by atoms with E-state index in [0.29, 0.717) is 11.4 Å². The Morgan fingerprint density at radius 1 is 0.789 bits per heavy atom. The van der Waals surface area contributed by atoms with Crippen LogP contribution < -0.4 is 20.8 Å². The van der Waals surface area contributed by atoms with E-state index in [1.54, 1.807) is 0 Å². The number of benzene rings is 2. The van der Waals surface area contributed by atoms with Crippen molar-refractivity contribution in [3.8, 4) is 11.5 Å². The largest absolute Gasteiger partial charge is 0.658 e. The molecule has 0 fully saturated rings. The molecule has 0 amide bonds. The molecule has 2 aromatic rings. The molecule has 0 aliphatic carbocycles. The second-order valence-corrected chi connectivity index (χ2v) is 3.71. The maximum absolute atomic E-state index is 13.3. The van der Waals surface area contributed by atoms with Crippen molar-refractivity contribution in [2.45, 2.75) is 0 Å². The van der Waals surface area contributed by atoms with Gasteiger partial charge in [-0.25, -0.2) is 8.78 Å². The Morgan fingerprint density at radius 3 is 1.63 bits per heavy atom. The highest BCUT2D eigenvalue weighted by atomic mass is 19.1. The molecule has 7 heteroatoms. The maximum atomic E-state index is 13.3. The van der Waals surface area contributed by atoms with Crippen molar-refractivity contribution >= 4 is 19.1 Å². The molecular weight excluding hydrogens is 253 g/mol. The van der Waals surface area contributed by atoms with Crippen molar-refractivity contribution in [3.63, 3.8) is 0 Å². The molecule has 97 valence electrons. The first kappa shape index (κ1) is 13.0. The van der Waals surface area contributed by atoms with Crippen molar-refractivity contribution in [1.29, 1.82) is 0 Å². The average molecular weight is 263 g/mol. The van der Waals surface area contributed by atoms with Gasteiger partial charge in [-0.1, -0.05) is 0 Å². The fraction of sp³-hybridized carbons (Fsp3) is 0. The molecule has 2 aromatic carbocycles. The molecule has 4 N–H and O–H groups in total. The minimum atomic E-state index is -0.609. The molecule has 0 heterocycles. The molecule has 0 spiro atoms. The average Bonchev–Trinajstić information content (AvgIpc) is 2.38. The number of hydrogen-bond donors (Lipinski definition) is 2. The monoisotopic (exact) mass is 263 g/mol. The second kappa shape index (κ2) is 5.47. The summed E-state index contributed by atoms with van der Waals surface area (Å²) in [6.07, 6.45) is 0. The van der Waals surface area contributed by atoms with Gasteiger partial charge in [-0.15, -0.1) is 0 Å². The molecule has 0 bridgehead atoms. The smallest absolute Gasteiger partial charge is 0.524 e. The Bertz CT molecular complexity index is 544. The van der Waals surface area contributed by atoms with E-state index in [1.807, 2.05) is 0 Å². The Balaban J connectivity index is 2.00. The van der Waals surface area contributed by atoms with E-state index < -0.39 is 11.6 Å². The zero-order valence-corrected chi connectivity index (χ0v) is 9.77. The minimum Gasteiger partial charge on any atom is -0.524 e. The van der Waals surface area contributed by atoms with E-state index in [9.17, 15) is 8.78 Å². The topological polar surface area (TPSA) is 70.5 Å². The van der Waals surface area contributed by atoms with E-state index in [4.69, 9.17) is 20.8 Å². The Kier molecular flexibility index (Phi) is 3.75. The van der Waals surface area contributed by atoms with Gasteiger partial charge in [0, 0.05) is 23.5 Å². The van der Waals surface area contributed by atoms with E-state index in [-0.39, 0.29) is 11.5 Å². The van der Waals surface area contributed by atoms with Gasteiger partial charge in [0.25, 0.3) is 0 Å². The predicted molar refractivity (Wildman–Crippen MR) is 68.6 cm³/mol. The van der Waals surface area contributed by atoms with Crippen molar-refractivity contribution in [1.82, 2.24) is 0 Å². The first-order valence-corrected chi connectivity index (χ1v) is 5.31. The van der Waals surface area contributed by atoms with Crippen LogP contribution in [0.4, 0.5) is 20.2 Å². The summed E-state index contributed by atoms with van der Waals surface area (Å²) in [7, 11) is 0.801. The molecule has 0 atom stereocenters. The highest BCUT2D eigenvalue weighted by molar-refractivity contribution is 6.20. The first-order chi connectivity index (χ1) is 9.06. The predicted octanol–water partition coefficient (Wildman–Crippen LogP) is 2.12. The van der Waals surface area contributed by atoms with Crippen LogP contribution >= 0.6 is 0 Å². The van der Waals surface area contributed by atoms with Gasteiger partial charge in [0.05, 0.1) is 0 Å². The first-order valence-electron chi connectivity index (χ1n) is 5.31. The summed E-state index contributed by atoms with van der Waals surface area (Å²) in [6.45, 7) is 0. The van der Waals surface area contributed by atoms with Crippen LogP contribution in [0, 0.1) is 11.6 Å². The third-order valence-corrected chi connectivity index (χ3v) is 2.26. The quantitative estimate of drug-likeness (QED) is 0.654. The highest BCUT2D eigenvalue weighted by Crippen LogP contribution is 2.22. The standard InChI is InChI=1S/C12H10BF2N2O2/c14-9-3-1-7(16)5-11(9)18-13-19-12-6-8(17)2-4-10(12)15/h1-6H,16-17H2. The van der Waals surface area contributed by atoms with Crippen molar-refractivity contribution in [2.75, 3.05) is 11.5 Å². The van der Waals surface area contributed by atoms with E-state index >= 15 is 0 Å². The normalized spacial score (nSPS) is 10.0. The SMILES string of the molecule is Nc1ccc(F)c(O[B]Oc2cc(N)ccc2F)c1. The molecule has 0 aromatic heterocycles. The van der Waals surface area contributed by atoms with Crippen molar-refractivity contribution in [2.24, 2.45) is 0 Å². The van der Waals surface area contributed by atoms with Crippen LogP contribution in [0.5, 0.6) is 11.5 Å². The summed E-state index contributed by atoms with van der Waals surface area (Å²) in [5.74, 6) is -1.46. The lowest BCUT2D eigenvalue weighted by Crippen LogP contribution is -2.13. The van der Waals surface area contributed by atoms with E-state index in [1.165, 1.54) is 24.3 Å². The molecule has 0 unspecified atom stereocenters. The molecule has 1 radical (unpaired) electrons. The van der Waals surface area contributed by atoms with Gasteiger partial charge in [0.1, 0.15) is 11.5 Å². The summed E-state index contributed by atoms with van der Waals surface area (Å²) in [6, 6.07) is 7.65. The van der Waals surface area contributed by atoms with Crippen LogP contribution in [0.3, 0.4) is 0 Å². The van der Waals surface area contributed by atoms with Gasteiger partial charge in [0.2, 0.25) is 0 Å². The third-order valence-electron chi connectivity index (χ3n) is 2.26. The molecule has 0 aliphatic rings. The summed E-state index contributed by atoms with van der Waals surface area (Å²) in [4.78, 5) is 0. The van der Waals surface area contributed by atoms with E-state index in [2.05, 4.69) is 0 Å². The summed E-state index contributed by atoms with van der Waals surface area (Å²) in [5.41, 5.74) is 11.6. The number of anilines is 2. The molecule has 19 heavy (non-hydrogen) atoms. The lowest BCUT2D eigenvalue weighted by molar-refractivity contribution is 0.421. The molecule has 0 saturated carbocycles. The van der Waals surface area contributed by atoms with Crippen molar-refractivity contribution in [3.05, 3.63) is 48.0 Å².